The minimum Gasteiger partial charge on any atom is -0.493 e. The molecule has 50 heavy (non-hydrogen) atoms. The van der Waals surface area contributed by atoms with Crippen LogP contribution in [0.3, 0.4) is 0 Å². The van der Waals surface area contributed by atoms with Crippen LogP contribution in [-0.4, -0.2) is 72.8 Å². The summed E-state index contributed by atoms with van der Waals surface area (Å²) in [5, 5.41) is 9.93. The third kappa shape index (κ3) is 8.12. The number of aliphatic carboxylic acids is 1. The smallest absolute Gasteiger partial charge is 0.303 e. The summed E-state index contributed by atoms with van der Waals surface area (Å²) in [5.41, 5.74) is 4.18. The number of ketones is 1. The molecule has 1 atom stereocenters. The summed E-state index contributed by atoms with van der Waals surface area (Å²) in [6.07, 6.45) is 2.94. The maximum atomic E-state index is 13.9. The number of carbonyl (C=O) groups is 2. The topological polar surface area (TPSA) is 93.5 Å². The first-order valence-electron chi connectivity index (χ1n) is 17.4. The standard InChI is InChI=1S/C41H45N3O6/c1-3-49-37-17-10-9-16-35(37)43-26-24-42(25-27-43)23-21-36(30-12-5-4-6-13-30)50-38-20-19-31(28-39(38)48-2)41(47)33-29-44(22-11-18-40(45)46)34-15-8-7-14-32(33)34/h4-10,12-17,19-20,28-29,36H,3,11,18,21-27H2,1-2H3,(H,45,46)/t36-/m1/s1. The zero-order chi connectivity index (χ0) is 34.9. The third-order valence-corrected chi connectivity index (χ3v) is 9.27. The predicted octanol–water partition coefficient (Wildman–Crippen LogP) is 7.48. The number of anilines is 1. The highest BCUT2D eigenvalue weighted by atomic mass is 16.5. The van der Waals surface area contributed by atoms with E-state index >= 15 is 0 Å². The number of carboxylic acids is 1. The molecule has 0 unspecified atom stereocenters. The van der Waals surface area contributed by atoms with Crippen LogP contribution in [0.25, 0.3) is 10.9 Å². The van der Waals surface area contributed by atoms with Crippen LogP contribution in [0.5, 0.6) is 17.2 Å². The van der Waals surface area contributed by atoms with Gasteiger partial charge in [0.05, 0.1) is 19.4 Å². The van der Waals surface area contributed by atoms with Crippen LogP contribution < -0.4 is 19.1 Å². The van der Waals surface area contributed by atoms with Crippen molar-refractivity contribution in [1.82, 2.24) is 9.47 Å². The van der Waals surface area contributed by atoms with Gasteiger partial charge in [-0.25, -0.2) is 0 Å². The van der Waals surface area contributed by atoms with Crippen molar-refractivity contribution in [2.75, 3.05) is 51.3 Å². The van der Waals surface area contributed by atoms with E-state index in [0.717, 1.165) is 67.0 Å². The van der Waals surface area contributed by atoms with Gasteiger partial charge in [0, 0.05) is 80.3 Å². The number of hydrogen-bond acceptors (Lipinski definition) is 7. The number of carbonyl (C=O) groups excluding carboxylic acids is 1. The molecule has 4 aromatic carbocycles. The van der Waals surface area contributed by atoms with E-state index in [1.807, 2.05) is 78.4 Å². The molecule has 0 spiro atoms. The van der Waals surface area contributed by atoms with E-state index in [9.17, 15) is 9.59 Å². The van der Waals surface area contributed by atoms with Crippen LogP contribution in [0.1, 0.15) is 53.8 Å². The fourth-order valence-electron chi connectivity index (χ4n) is 6.70. The summed E-state index contributed by atoms with van der Waals surface area (Å²) in [6, 6.07) is 31.5. The van der Waals surface area contributed by atoms with Crippen molar-refractivity contribution in [2.45, 2.75) is 38.8 Å². The average Bonchev–Trinajstić information content (AvgIpc) is 3.52. The number of piperazine rings is 1. The zero-order valence-corrected chi connectivity index (χ0v) is 28.8. The maximum absolute atomic E-state index is 13.9. The Bertz CT molecular complexity index is 1900. The van der Waals surface area contributed by atoms with Gasteiger partial charge in [-0.05, 0) is 55.3 Å². The Morgan fingerprint density at radius 1 is 0.820 bits per heavy atom. The molecule has 1 fully saturated rings. The van der Waals surface area contributed by atoms with Crippen LogP contribution in [0.15, 0.2) is 103 Å². The molecule has 1 aliphatic heterocycles. The van der Waals surface area contributed by atoms with Gasteiger partial charge in [0.15, 0.2) is 17.3 Å². The number of para-hydroxylation sites is 3. The largest absolute Gasteiger partial charge is 0.493 e. The maximum Gasteiger partial charge on any atom is 0.303 e. The highest BCUT2D eigenvalue weighted by molar-refractivity contribution is 6.16. The van der Waals surface area contributed by atoms with Crippen molar-refractivity contribution < 1.29 is 28.9 Å². The normalized spacial score (nSPS) is 14.0. The predicted molar refractivity (Wildman–Crippen MR) is 196 cm³/mol. The second kappa shape index (κ2) is 16.4. The number of fused-ring (bicyclic) bond motifs is 1. The van der Waals surface area contributed by atoms with Crippen molar-refractivity contribution in [3.63, 3.8) is 0 Å². The highest BCUT2D eigenvalue weighted by Crippen LogP contribution is 2.35. The molecule has 1 N–H and O–H groups in total. The van der Waals surface area contributed by atoms with E-state index in [1.54, 1.807) is 19.2 Å². The van der Waals surface area contributed by atoms with Crippen LogP contribution in [0.4, 0.5) is 5.69 Å². The Hall–Kier alpha value is -5.28. The number of aromatic nitrogens is 1. The van der Waals surface area contributed by atoms with E-state index in [-0.39, 0.29) is 18.3 Å². The number of ether oxygens (including phenoxy) is 3. The van der Waals surface area contributed by atoms with Crippen LogP contribution in [0.2, 0.25) is 0 Å². The minimum atomic E-state index is -0.833. The molecule has 6 rings (SSSR count). The molecular weight excluding hydrogens is 630 g/mol. The highest BCUT2D eigenvalue weighted by Gasteiger charge is 2.24. The van der Waals surface area contributed by atoms with Crippen LogP contribution >= 0.6 is 0 Å². The summed E-state index contributed by atoms with van der Waals surface area (Å²) >= 11 is 0. The van der Waals surface area contributed by atoms with Crippen LogP contribution in [-0.2, 0) is 11.3 Å². The van der Waals surface area contributed by atoms with Gasteiger partial charge in [0.25, 0.3) is 0 Å². The van der Waals surface area contributed by atoms with Gasteiger partial charge in [0.2, 0.25) is 0 Å². The summed E-state index contributed by atoms with van der Waals surface area (Å²) in [6.45, 7) is 7.77. The zero-order valence-electron chi connectivity index (χ0n) is 28.8. The number of hydrogen-bond donors (Lipinski definition) is 1. The Morgan fingerprint density at radius 3 is 2.32 bits per heavy atom. The molecule has 9 nitrogen and oxygen atoms in total. The number of carboxylic acid groups (broad SMARTS) is 1. The van der Waals surface area contributed by atoms with Gasteiger partial charge >= 0.3 is 5.97 Å². The lowest BCUT2D eigenvalue weighted by Crippen LogP contribution is -2.47. The van der Waals surface area contributed by atoms with E-state index in [0.29, 0.717) is 42.2 Å². The van der Waals surface area contributed by atoms with Gasteiger partial charge in [-0.1, -0.05) is 60.7 Å². The van der Waals surface area contributed by atoms with Crippen molar-refractivity contribution in [3.8, 4) is 17.2 Å². The van der Waals surface area contributed by atoms with Gasteiger partial charge in [-0.3, -0.25) is 14.5 Å². The minimum absolute atomic E-state index is 0.0685. The molecule has 0 amide bonds. The number of rotatable bonds is 16. The quantitative estimate of drug-likeness (QED) is 0.108. The van der Waals surface area contributed by atoms with Gasteiger partial charge in [0.1, 0.15) is 11.9 Å². The monoisotopic (exact) mass is 675 g/mol. The molecule has 0 aliphatic carbocycles. The summed E-state index contributed by atoms with van der Waals surface area (Å²) in [5.74, 6) is 1.03. The van der Waals surface area contributed by atoms with E-state index in [1.165, 1.54) is 0 Å². The fourth-order valence-corrected chi connectivity index (χ4v) is 6.70. The van der Waals surface area contributed by atoms with E-state index < -0.39 is 5.97 Å². The summed E-state index contributed by atoms with van der Waals surface area (Å²) in [7, 11) is 1.59. The molecule has 1 aromatic heterocycles. The molecule has 0 bridgehead atoms. The first-order valence-corrected chi connectivity index (χ1v) is 17.4. The van der Waals surface area contributed by atoms with Gasteiger partial charge < -0.3 is 28.8 Å². The van der Waals surface area contributed by atoms with Gasteiger partial charge in [-0.15, -0.1) is 0 Å². The molecule has 0 radical (unpaired) electrons. The van der Waals surface area contributed by atoms with Crippen molar-refractivity contribution in [2.24, 2.45) is 0 Å². The third-order valence-electron chi connectivity index (χ3n) is 9.27. The molecule has 9 heteroatoms. The molecule has 0 saturated carbocycles. The second-order valence-electron chi connectivity index (χ2n) is 12.5. The first kappa shape index (κ1) is 34.6. The van der Waals surface area contributed by atoms with Crippen molar-refractivity contribution >= 4 is 28.3 Å². The Labute approximate surface area is 293 Å². The average molecular weight is 676 g/mol. The van der Waals surface area contributed by atoms with Crippen molar-refractivity contribution in [1.29, 1.82) is 0 Å². The first-order chi connectivity index (χ1) is 24.4. The SMILES string of the molecule is CCOc1ccccc1N1CCN(CC[C@@H](Oc2ccc(C(=O)c3cn(CCCC(=O)O)c4ccccc34)cc2OC)c2ccccc2)CC1. The lowest BCUT2D eigenvalue weighted by Gasteiger charge is -2.37. The number of aryl methyl sites for hydroxylation is 1. The summed E-state index contributed by atoms with van der Waals surface area (Å²) in [4.78, 5) is 29.9. The molecule has 1 saturated heterocycles. The molecule has 1 aliphatic rings. The Balaban J connectivity index is 1.15. The number of nitrogens with zero attached hydrogens (tertiary/aromatic N) is 3. The molecule has 260 valence electrons. The van der Waals surface area contributed by atoms with E-state index in [2.05, 4.69) is 34.1 Å². The molecule has 2 heterocycles. The second-order valence-corrected chi connectivity index (χ2v) is 12.5. The summed E-state index contributed by atoms with van der Waals surface area (Å²) < 4.78 is 20.3. The van der Waals surface area contributed by atoms with Crippen molar-refractivity contribution in [3.05, 3.63) is 120 Å². The number of benzene rings is 4. The molecule has 5 aromatic rings. The fraction of sp³-hybridized carbons (Fsp3) is 0.317. The Kier molecular flexibility index (Phi) is 11.4. The van der Waals surface area contributed by atoms with Crippen LogP contribution in [0, 0.1) is 0 Å². The number of methoxy groups -OCH3 is 1. The molecular formula is C41H45N3O6. The van der Waals surface area contributed by atoms with Gasteiger partial charge in [-0.2, -0.15) is 0 Å². The lowest BCUT2D eigenvalue weighted by atomic mass is 10.0. The Morgan fingerprint density at radius 2 is 1.56 bits per heavy atom. The van der Waals surface area contributed by atoms with E-state index in [4.69, 9.17) is 19.3 Å². The lowest BCUT2D eigenvalue weighted by molar-refractivity contribution is -0.137.